The second kappa shape index (κ2) is 5.65. The molecule has 0 aliphatic carbocycles. The van der Waals surface area contributed by atoms with Crippen molar-refractivity contribution < 1.29 is 9.32 Å². The lowest BCUT2D eigenvalue weighted by molar-refractivity contribution is 0.103. The van der Waals surface area contributed by atoms with Crippen molar-refractivity contribution in [2.24, 2.45) is 0 Å². The van der Waals surface area contributed by atoms with E-state index in [1.165, 1.54) is 11.3 Å². The van der Waals surface area contributed by atoms with Crippen LogP contribution in [0.1, 0.15) is 9.67 Å². The van der Waals surface area contributed by atoms with E-state index in [2.05, 4.69) is 10.5 Å². The van der Waals surface area contributed by atoms with Gasteiger partial charge in [-0.25, -0.2) is 0 Å². The lowest BCUT2D eigenvalue weighted by atomic mass is 10.2. The molecular formula is C18H15N3O2S. The molecule has 0 unspecified atom stereocenters. The van der Waals surface area contributed by atoms with Gasteiger partial charge in [-0.05, 0) is 29.7 Å². The third-order valence-electron chi connectivity index (χ3n) is 3.84. The summed E-state index contributed by atoms with van der Waals surface area (Å²) in [6.45, 7) is 0. The van der Waals surface area contributed by atoms with Gasteiger partial charge in [0.1, 0.15) is 0 Å². The highest BCUT2D eigenvalue weighted by Gasteiger charge is 2.18. The molecule has 2 aromatic heterocycles. The fraction of sp³-hybridized carbons (Fsp3) is 0.111. The molecule has 6 heteroatoms. The molecule has 0 aliphatic heterocycles. The molecule has 5 nitrogen and oxygen atoms in total. The number of carbonyl (C=O) groups excluding carboxylic acids is 1. The summed E-state index contributed by atoms with van der Waals surface area (Å²) >= 11 is 1.46. The van der Waals surface area contributed by atoms with Gasteiger partial charge in [-0.3, -0.25) is 4.79 Å². The zero-order valence-electron chi connectivity index (χ0n) is 13.2. The largest absolute Gasteiger partial charge is 0.377 e. The van der Waals surface area contributed by atoms with Crippen molar-refractivity contribution in [3.63, 3.8) is 0 Å². The lowest BCUT2D eigenvalue weighted by Crippen LogP contribution is -2.12. The van der Waals surface area contributed by atoms with Gasteiger partial charge in [0.2, 0.25) is 0 Å². The average molecular weight is 337 g/mol. The molecule has 1 amide bonds. The van der Waals surface area contributed by atoms with E-state index in [9.17, 15) is 4.79 Å². The molecule has 4 rings (SSSR count). The number of hydrogen-bond donors (Lipinski definition) is 1. The second-order valence-corrected chi connectivity index (χ2v) is 6.76. The topological polar surface area (TPSA) is 58.4 Å². The molecule has 2 aromatic carbocycles. The number of rotatable bonds is 3. The molecule has 0 saturated heterocycles. The molecule has 0 fully saturated rings. The highest BCUT2D eigenvalue weighted by molar-refractivity contribution is 7.20. The summed E-state index contributed by atoms with van der Waals surface area (Å²) in [6, 6.07) is 15.5. The molecule has 0 saturated carbocycles. The van der Waals surface area contributed by atoms with Crippen LogP contribution in [0.2, 0.25) is 0 Å². The van der Waals surface area contributed by atoms with E-state index in [0.29, 0.717) is 16.3 Å². The van der Waals surface area contributed by atoms with Crippen molar-refractivity contribution in [3.05, 3.63) is 53.4 Å². The van der Waals surface area contributed by atoms with E-state index in [1.807, 2.05) is 67.5 Å². The van der Waals surface area contributed by atoms with Crippen LogP contribution in [0, 0.1) is 0 Å². The molecule has 0 radical (unpaired) electrons. The first kappa shape index (κ1) is 14.7. The predicted molar refractivity (Wildman–Crippen MR) is 98.1 cm³/mol. The Kier molecular flexibility index (Phi) is 3.46. The summed E-state index contributed by atoms with van der Waals surface area (Å²) in [7, 11) is 3.89. The third kappa shape index (κ3) is 2.41. The quantitative estimate of drug-likeness (QED) is 0.603. The van der Waals surface area contributed by atoms with Crippen LogP contribution in [-0.2, 0) is 0 Å². The summed E-state index contributed by atoms with van der Waals surface area (Å²) in [5.41, 5.74) is 1.59. The van der Waals surface area contributed by atoms with E-state index in [0.717, 1.165) is 21.2 Å². The van der Waals surface area contributed by atoms with Gasteiger partial charge in [0.15, 0.2) is 11.4 Å². The minimum absolute atomic E-state index is 0.181. The molecular weight excluding hydrogens is 322 g/mol. The predicted octanol–water partition coefficient (Wildman–Crippen LogP) is 4.36. The van der Waals surface area contributed by atoms with Gasteiger partial charge >= 0.3 is 0 Å². The number of nitrogens with zero attached hydrogens (tertiary/aromatic N) is 2. The van der Waals surface area contributed by atoms with Crippen LogP contribution < -0.4 is 10.2 Å². The summed E-state index contributed by atoms with van der Waals surface area (Å²) in [5, 5.41) is 8.77. The Morgan fingerprint density at radius 2 is 2.00 bits per heavy atom. The van der Waals surface area contributed by atoms with Crippen molar-refractivity contribution in [3.8, 4) is 0 Å². The fourth-order valence-electron chi connectivity index (χ4n) is 2.70. The molecule has 0 atom stereocenters. The lowest BCUT2D eigenvalue weighted by Gasteiger charge is -2.13. The number of nitrogens with one attached hydrogen (secondary N) is 1. The fourth-order valence-corrected chi connectivity index (χ4v) is 3.65. The Morgan fingerprint density at radius 1 is 1.17 bits per heavy atom. The van der Waals surface area contributed by atoms with Gasteiger partial charge in [-0.1, -0.05) is 29.4 Å². The van der Waals surface area contributed by atoms with Crippen molar-refractivity contribution in [1.29, 1.82) is 0 Å². The van der Waals surface area contributed by atoms with Crippen molar-refractivity contribution in [1.82, 2.24) is 5.16 Å². The van der Waals surface area contributed by atoms with Gasteiger partial charge in [0.05, 0.1) is 16.0 Å². The Balaban J connectivity index is 1.72. The van der Waals surface area contributed by atoms with E-state index in [-0.39, 0.29) is 5.91 Å². The molecule has 0 aliphatic rings. The average Bonchev–Trinajstić information content (AvgIpc) is 3.18. The molecule has 0 bridgehead atoms. The molecule has 24 heavy (non-hydrogen) atoms. The Hall–Kier alpha value is -2.86. The van der Waals surface area contributed by atoms with Gasteiger partial charge in [0, 0.05) is 18.8 Å². The maximum absolute atomic E-state index is 12.6. The van der Waals surface area contributed by atoms with Crippen LogP contribution in [-0.4, -0.2) is 25.2 Å². The van der Waals surface area contributed by atoms with Crippen LogP contribution in [0.15, 0.2) is 53.1 Å². The van der Waals surface area contributed by atoms with Crippen molar-refractivity contribution in [2.45, 2.75) is 0 Å². The van der Waals surface area contributed by atoms with Crippen LogP contribution in [0.3, 0.4) is 0 Å². The standard InChI is InChI=1S/C18H15N3O2S/c1-21(2)12-7-5-8-13-16(12)17(20-23-13)19-18(22)15-10-11-6-3-4-9-14(11)24-15/h3-10H,1-2H3,(H,19,20,22). The number of thiophene rings is 1. The first-order valence-corrected chi connectivity index (χ1v) is 8.31. The number of aromatic nitrogens is 1. The summed E-state index contributed by atoms with van der Waals surface area (Å²) in [6.07, 6.45) is 0. The second-order valence-electron chi connectivity index (χ2n) is 5.68. The van der Waals surface area contributed by atoms with Crippen LogP contribution >= 0.6 is 11.3 Å². The number of carbonyl (C=O) groups is 1. The van der Waals surface area contributed by atoms with E-state index < -0.39 is 0 Å². The Labute approximate surface area is 142 Å². The molecule has 4 aromatic rings. The first-order chi connectivity index (χ1) is 11.6. The van der Waals surface area contributed by atoms with Gasteiger partial charge in [0.25, 0.3) is 5.91 Å². The highest BCUT2D eigenvalue weighted by atomic mass is 32.1. The Bertz CT molecular complexity index is 1020. The monoisotopic (exact) mass is 337 g/mol. The number of fused-ring (bicyclic) bond motifs is 2. The van der Waals surface area contributed by atoms with Gasteiger partial charge in [-0.2, -0.15) is 0 Å². The highest BCUT2D eigenvalue weighted by Crippen LogP contribution is 2.33. The summed E-state index contributed by atoms with van der Waals surface area (Å²) in [5.74, 6) is 0.261. The minimum Gasteiger partial charge on any atom is -0.377 e. The van der Waals surface area contributed by atoms with Crippen molar-refractivity contribution in [2.75, 3.05) is 24.3 Å². The number of anilines is 2. The Morgan fingerprint density at radius 3 is 2.79 bits per heavy atom. The van der Waals surface area contributed by atoms with Crippen LogP contribution in [0.25, 0.3) is 21.1 Å². The molecule has 2 heterocycles. The molecule has 120 valence electrons. The molecule has 1 N–H and O–H groups in total. The smallest absolute Gasteiger partial charge is 0.267 e. The summed E-state index contributed by atoms with van der Waals surface area (Å²) < 4.78 is 6.43. The van der Waals surface area contributed by atoms with E-state index in [1.54, 1.807) is 0 Å². The van der Waals surface area contributed by atoms with Gasteiger partial charge in [-0.15, -0.1) is 11.3 Å². The minimum atomic E-state index is -0.181. The third-order valence-corrected chi connectivity index (χ3v) is 4.95. The normalized spacial score (nSPS) is 11.1. The number of benzene rings is 2. The van der Waals surface area contributed by atoms with Crippen LogP contribution in [0.5, 0.6) is 0 Å². The van der Waals surface area contributed by atoms with Crippen molar-refractivity contribution >= 4 is 49.8 Å². The van der Waals surface area contributed by atoms with Crippen LogP contribution in [0.4, 0.5) is 11.5 Å². The van der Waals surface area contributed by atoms with E-state index in [4.69, 9.17) is 4.52 Å². The zero-order valence-corrected chi connectivity index (χ0v) is 14.1. The molecule has 0 spiro atoms. The zero-order chi connectivity index (χ0) is 16.7. The van der Waals surface area contributed by atoms with E-state index >= 15 is 0 Å². The summed E-state index contributed by atoms with van der Waals surface area (Å²) in [4.78, 5) is 15.2. The maximum atomic E-state index is 12.6. The first-order valence-electron chi connectivity index (χ1n) is 7.49. The number of amides is 1. The maximum Gasteiger partial charge on any atom is 0.267 e. The number of hydrogen-bond acceptors (Lipinski definition) is 5. The van der Waals surface area contributed by atoms with Gasteiger partial charge < -0.3 is 14.7 Å². The SMILES string of the molecule is CN(C)c1cccc2onc(NC(=O)c3cc4ccccc4s3)c12.